The molecule has 0 fully saturated rings. The molecule has 0 aliphatic carbocycles. The minimum atomic E-state index is 1.09. The van der Waals surface area contributed by atoms with Crippen LogP contribution in [0.5, 0.6) is 0 Å². The van der Waals surface area contributed by atoms with Crippen LogP contribution in [-0.2, 0) is 0 Å². The predicted octanol–water partition coefficient (Wildman–Crippen LogP) is 2.04. The number of rotatable bonds is 4. The molecule has 0 saturated carbocycles. The van der Waals surface area contributed by atoms with Gasteiger partial charge < -0.3 is 4.99 Å². The number of nitrogens with zero attached hydrogens (tertiary/aromatic N) is 1. The Labute approximate surface area is 51.1 Å². The van der Waals surface area contributed by atoms with Crippen molar-refractivity contribution < 1.29 is 0 Å². The molecule has 0 rings (SSSR count). The van der Waals surface area contributed by atoms with Crippen molar-refractivity contribution in [2.24, 2.45) is 4.99 Å². The minimum absolute atomic E-state index is 1.09. The Morgan fingerprint density at radius 2 is 2.25 bits per heavy atom. The number of aliphatic imine (C=N–C) groups is 1. The molecule has 0 aliphatic rings. The van der Waals surface area contributed by atoms with E-state index in [9.17, 15) is 0 Å². The van der Waals surface area contributed by atoms with Crippen molar-refractivity contribution >= 4 is 6.21 Å². The van der Waals surface area contributed by atoms with Crippen LogP contribution < -0.4 is 0 Å². The van der Waals surface area contributed by atoms with Gasteiger partial charge >= 0.3 is 0 Å². The predicted molar refractivity (Wildman–Crippen MR) is 38.5 cm³/mol. The lowest BCUT2D eigenvalue weighted by atomic mass is 10.2. The normalized spacial score (nSPS) is 10.1. The van der Waals surface area contributed by atoms with Gasteiger partial charge in [-0.3, -0.25) is 0 Å². The van der Waals surface area contributed by atoms with Crippen LogP contribution in [0.25, 0.3) is 0 Å². The van der Waals surface area contributed by atoms with Crippen LogP contribution in [0, 0.1) is 0 Å². The van der Waals surface area contributed by atoms with Gasteiger partial charge in [0.1, 0.15) is 0 Å². The first-order valence-corrected chi connectivity index (χ1v) is 2.93. The first-order valence-electron chi connectivity index (χ1n) is 2.93. The van der Waals surface area contributed by atoms with Crippen LogP contribution in [0.15, 0.2) is 17.6 Å². The van der Waals surface area contributed by atoms with Crippen LogP contribution in [0.4, 0.5) is 0 Å². The Morgan fingerprint density at radius 1 is 1.50 bits per heavy atom. The summed E-state index contributed by atoms with van der Waals surface area (Å²) in [6.45, 7) is 3.61. The second kappa shape index (κ2) is 6.41. The summed E-state index contributed by atoms with van der Waals surface area (Å²) in [6, 6.07) is 0. The lowest BCUT2D eigenvalue weighted by Crippen LogP contribution is -1.73. The highest BCUT2D eigenvalue weighted by Crippen LogP contribution is 1.91. The van der Waals surface area contributed by atoms with E-state index in [1.807, 2.05) is 12.3 Å². The van der Waals surface area contributed by atoms with Crippen LogP contribution in [0.1, 0.15) is 19.3 Å². The highest BCUT2D eigenvalue weighted by molar-refractivity contribution is 5.56. The van der Waals surface area contributed by atoms with Crippen LogP contribution in [0.2, 0.25) is 0 Å². The molecule has 0 spiro atoms. The summed E-state index contributed by atoms with van der Waals surface area (Å²) in [6.07, 6.45) is 7.24. The number of unbranched alkanes of at least 4 members (excludes halogenated alkanes) is 2. The quantitative estimate of drug-likeness (QED) is 0.299. The van der Waals surface area contributed by atoms with Gasteiger partial charge in [0.15, 0.2) is 0 Å². The number of hydrogen-bond acceptors (Lipinski definition) is 1. The monoisotopic (exact) mass is 111 g/mol. The Kier molecular flexibility index (Phi) is 5.94. The third-order valence-electron chi connectivity index (χ3n) is 0.924. The molecule has 8 heavy (non-hydrogen) atoms. The Balaban J connectivity index is 2.82. The summed E-state index contributed by atoms with van der Waals surface area (Å²) >= 11 is 0. The van der Waals surface area contributed by atoms with E-state index in [0.29, 0.717) is 0 Å². The third kappa shape index (κ3) is 5.41. The zero-order chi connectivity index (χ0) is 6.24. The number of hydrogen-bond donors (Lipinski definition) is 0. The van der Waals surface area contributed by atoms with Crippen molar-refractivity contribution in [3.63, 3.8) is 0 Å². The molecule has 0 bridgehead atoms. The molecular weight excluding hydrogens is 98.1 g/mol. The average molecular weight is 111 g/mol. The molecule has 0 amide bonds. The van der Waals surface area contributed by atoms with E-state index in [2.05, 4.69) is 11.6 Å². The van der Waals surface area contributed by atoms with E-state index in [0.717, 1.165) is 12.8 Å². The van der Waals surface area contributed by atoms with Crippen molar-refractivity contribution in [2.75, 3.05) is 7.05 Å². The van der Waals surface area contributed by atoms with Crippen molar-refractivity contribution in [3.05, 3.63) is 12.7 Å². The van der Waals surface area contributed by atoms with Gasteiger partial charge in [-0.1, -0.05) is 6.08 Å². The maximum absolute atomic E-state index is 3.85. The van der Waals surface area contributed by atoms with E-state index in [4.69, 9.17) is 0 Å². The highest BCUT2D eigenvalue weighted by Gasteiger charge is 1.76. The van der Waals surface area contributed by atoms with E-state index >= 15 is 0 Å². The fourth-order valence-corrected chi connectivity index (χ4v) is 0.483. The Hall–Kier alpha value is -0.590. The maximum Gasteiger partial charge on any atom is 0.0273 e. The maximum atomic E-state index is 3.85. The van der Waals surface area contributed by atoms with Crippen molar-refractivity contribution in [3.8, 4) is 0 Å². The minimum Gasteiger partial charge on any atom is -0.301 e. The lowest BCUT2D eigenvalue weighted by molar-refractivity contribution is 0.904. The summed E-state index contributed by atoms with van der Waals surface area (Å²) in [7, 11) is 1.80. The lowest BCUT2D eigenvalue weighted by Gasteiger charge is -1.85. The topological polar surface area (TPSA) is 12.4 Å². The third-order valence-corrected chi connectivity index (χ3v) is 0.924. The summed E-state index contributed by atoms with van der Waals surface area (Å²) in [5.41, 5.74) is 0. The largest absolute Gasteiger partial charge is 0.301 e. The Morgan fingerprint density at radius 3 is 2.75 bits per heavy atom. The molecular formula is C7H13N. The summed E-state index contributed by atoms with van der Waals surface area (Å²) in [4.78, 5) is 3.85. The molecule has 0 N–H and O–H groups in total. The first kappa shape index (κ1) is 7.41. The van der Waals surface area contributed by atoms with Gasteiger partial charge in [-0.15, -0.1) is 6.58 Å². The van der Waals surface area contributed by atoms with Gasteiger partial charge in [-0.25, -0.2) is 0 Å². The second-order valence-electron chi connectivity index (χ2n) is 1.66. The molecule has 0 aromatic carbocycles. The zero-order valence-corrected chi connectivity index (χ0v) is 5.43. The van der Waals surface area contributed by atoms with Crippen molar-refractivity contribution in [2.45, 2.75) is 19.3 Å². The standard InChI is InChI=1S/C7H13N/c1-3-4-5-6-7-8-2/h3,7H,1,4-6H2,2H3. The molecule has 0 aromatic rings. The Bertz CT molecular complexity index is 74.5. The average Bonchev–Trinajstić information content (AvgIpc) is 1.81. The van der Waals surface area contributed by atoms with E-state index in [-0.39, 0.29) is 0 Å². The van der Waals surface area contributed by atoms with Crippen LogP contribution >= 0.6 is 0 Å². The smallest absolute Gasteiger partial charge is 0.0273 e. The summed E-state index contributed by atoms with van der Waals surface area (Å²) in [5.74, 6) is 0. The van der Waals surface area contributed by atoms with Gasteiger partial charge in [0, 0.05) is 7.05 Å². The summed E-state index contributed by atoms with van der Waals surface area (Å²) < 4.78 is 0. The highest BCUT2D eigenvalue weighted by atomic mass is 14.6. The van der Waals surface area contributed by atoms with Gasteiger partial charge in [-0.2, -0.15) is 0 Å². The molecule has 0 saturated heterocycles. The first-order chi connectivity index (χ1) is 3.91. The summed E-state index contributed by atoms with van der Waals surface area (Å²) in [5, 5.41) is 0. The van der Waals surface area contributed by atoms with Gasteiger partial charge in [0.2, 0.25) is 0 Å². The van der Waals surface area contributed by atoms with Gasteiger partial charge in [-0.05, 0) is 25.5 Å². The molecule has 46 valence electrons. The van der Waals surface area contributed by atoms with E-state index in [1.165, 1.54) is 6.42 Å². The van der Waals surface area contributed by atoms with Crippen LogP contribution in [0.3, 0.4) is 0 Å². The van der Waals surface area contributed by atoms with E-state index < -0.39 is 0 Å². The zero-order valence-electron chi connectivity index (χ0n) is 5.43. The molecule has 0 unspecified atom stereocenters. The number of allylic oxidation sites excluding steroid dienone is 1. The molecule has 1 nitrogen and oxygen atoms in total. The molecule has 0 radical (unpaired) electrons. The van der Waals surface area contributed by atoms with Crippen molar-refractivity contribution in [1.29, 1.82) is 0 Å². The molecule has 0 atom stereocenters. The fourth-order valence-electron chi connectivity index (χ4n) is 0.483. The van der Waals surface area contributed by atoms with Crippen molar-refractivity contribution in [1.82, 2.24) is 0 Å². The fraction of sp³-hybridized carbons (Fsp3) is 0.571. The molecule has 0 heterocycles. The van der Waals surface area contributed by atoms with Gasteiger partial charge in [0.25, 0.3) is 0 Å². The SMILES string of the molecule is C=CCCCC=NC. The second-order valence-corrected chi connectivity index (χ2v) is 1.66. The molecule has 0 aliphatic heterocycles. The van der Waals surface area contributed by atoms with E-state index in [1.54, 1.807) is 7.05 Å². The molecule has 1 heteroatoms. The van der Waals surface area contributed by atoms with Gasteiger partial charge in [0.05, 0.1) is 0 Å². The van der Waals surface area contributed by atoms with Crippen LogP contribution in [-0.4, -0.2) is 13.3 Å². The molecule has 0 aromatic heterocycles.